The number of ether oxygens (including phenoxy) is 1. The number of hydrogen-bond donors (Lipinski definition) is 4. The van der Waals surface area contributed by atoms with Crippen molar-refractivity contribution in [1.82, 2.24) is 25.8 Å². The van der Waals surface area contributed by atoms with Gasteiger partial charge in [0.15, 0.2) is 0 Å². The first-order chi connectivity index (χ1) is 17.3. The molecule has 1 saturated heterocycles. The van der Waals surface area contributed by atoms with Crippen LogP contribution in [0.25, 0.3) is 0 Å². The molecule has 0 aliphatic carbocycles. The minimum atomic E-state index is -1.13. The van der Waals surface area contributed by atoms with Crippen LogP contribution < -0.4 is 20.7 Å². The standard InChI is InChI=1S/C25H37N5O6/c1-3-29-12-14-30(15-13-29)25(35)19-9-10-21(32)28-22(17(2)31)24(34)26-11-6-16-36-20-8-5-4-7-18(20)23(33)27-19/h4-5,7-8,17,19,22,31H,3,6,9-16H2,1-2H3,(H,26,34)(H,27,33)(H,28,32)/t17-,19+,22+/m1/s1. The van der Waals surface area contributed by atoms with Crippen LogP contribution >= 0.6 is 0 Å². The van der Waals surface area contributed by atoms with Gasteiger partial charge in [0.05, 0.1) is 18.3 Å². The Morgan fingerprint density at radius 1 is 1.14 bits per heavy atom. The summed E-state index contributed by atoms with van der Waals surface area (Å²) in [4.78, 5) is 55.7. The van der Waals surface area contributed by atoms with E-state index in [0.29, 0.717) is 30.8 Å². The Morgan fingerprint density at radius 3 is 2.56 bits per heavy atom. The number of likely N-dealkylation sites (N-methyl/N-ethyl adjacent to an activating group) is 1. The molecule has 36 heavy (non-hydrogen) atoms. The molecule has 3 rings (SSSR count). The van der Waals surface area contributed by atoms with Crippen LogP contribution in [0.2, 0.25) is 0 Å². The molecule has 4 N–H and O–H groups in total. The lowest BCUT2D eigenvalue weighted by atomic mass is 10.1. The van der Waals surface area contributed by atoms with E-state index in [1.54, 1.807) is 29.2 Å². The third-order valence-corrected chi connectivity index (χ3v) is 6.49. The smallest absolute Gasteiger partial charge is 0.255 e. The van der Waals surface area contributed by atoms with Crippen molar-refractivity contribution in [1.29, 1.82) is 0 Å². The third-order valence-electron chi connectivity index (χ3n) is 6.49. The quantitative estimate of drug-likeness (QED) is 0.436. The summed E-state index contributed by atoms with van der Waals surface area (Å²) in [7, 11) is 0. The second-order valence-corrected chi connectivity index (χ2v) is 9.10. The van der Waals surface area contributed by atoms with Crippen LogP contribution in [-0.4, -0.2) is 103 Å². The number of para-hydroxylation sites is 1. The molecule has 0 aromatic heterocycles. The van der Waals surface area contributed by atoms with E-state index in [2.05, 4.69) is 27.8 Å². The van der Waals surface area contributed by atoms with Gasteiger partial charge in [0.2, 0.25) is 17.7 Å². The summed E-state index contributed by atoms with van der Waals surface area (Å²) in [6.45, 7) is 7.45. The molecule has 11 nitrogen and oxygen atoms in total. The molecule has 0 radical (unpaired) electrons. The fourth-order valence-electron chi connectivity index (χ4n) is 4.28. The summed E-state index contributed by atoms with van der Waals surface area (Å²) < 4.78 is 5.79. The lowest BCUT2D eigenvalue weighted by Crippen LogP contribution is -2.55. The number of aliphatic hydroxyl groups is 1. The van der Waals surface area contributed by atoms with Gasteiger partial charge in [-0.1, -0.05) is 19.1 Å². The van der Waals surface area contributed by atoms with Crippen LogP contribution in [0, 0.1) is 0 Å². The molecule has 2 aliphatic rings. The topological polar surface area (TPSA) is 140 Å². The molecule has 2 aliphatic heterocycles. The van der Waals surface area contributed by atoms with Gasteiger partial charge in [0.25, 0.3) is 5.91 Å². The summed E-state index contributed by atoms with van der Waals surface area (Å²) >= 11 is 0. The maximum absolute atomic E-state index is 13.4. The predicted molar refractivity (Wildman–Crippen MR) is 132 cm³/mol. The molecule has 1 fully saturated rings. The summed E-state index contributed by atoms with van der Waals surface area (Å²) in [6.07, 6.45) is -0.725. The van der Waals surface area contributed by atoms with Crippen LogP contribution in [0.3, 0.4) is 0 Å². The van der Waals surface area contributed by atoms with Crippen LogP contribution in [0.1, 0.15) is 43.5 Å². The van der Waals surface area contributed by atoms with E-state index in [1.165, 1.54) is 6.92 Å². The summed E-state index contributed by atoms with van der Waals surface area (Å²) in [6, 6.07) is 4.70. The molecule has 198 valence electrons. The fraction of sp³-hybridized carbons (Fsp3) is 0.600. The number of amides is 4. The molecule has 4 amide bonds. The second kappa shape index (κ2) is 13.2. The van der Waals surface area contributed by atoms with Crippen molar-refractivity contribution in [3.05, 3.63) is 29.8 Å². The number of aliphatic hydroxyl groups excluding tert-OH is 1. The van der Waals surface area contributed by atoms with Crippen LogP contribution in [0.4, 0.5) is 0 Å². The van der Waals surface area contributed by atoms with E-state index in [0.717, 1.165) is 19.6 Å². The molecule has 1 aromatic carbocycles. The molecule has 0 spiro atoms. The lowest BCUT2D eigenvalue weighted by molar-refractivity contribution is -0.136. The molecular weight excluding hydrogens is 466 g/mol. The van der Waals surface area contributed by atoms with Gasteiger partial charge in [0.1, 0.15) is 17.8 Å². The molecular formula is C25H37N5O6. The van der Waals surface area contributed by atoms with Gasteiger partial charge in [-0.2, -0.15) is 0 Å². The van der Waals surface area contributed by atoms with E-state index >= 15 is 0 Å². The zero-order chi connectivity index (χ0) is 26.1. The normalized spacial score (nSPS) is 24.0. The van der Waals surface area contributed by atoms with E-state index in [-0.39, 0.29) is 31.9 Å². The first kappa shape index (κ1) is 27.4. The van der Waals surface area contributed by atoms with Crippen molar-refractivity contribution >= 4 is 23.6 Å². The second-order valence-electron chi connectivity index (χ2n) is 9.10. The Hall–Kier alpha value is -3.18. The molecule has 2 heterocycles. The van der Waals surface area contributed by atoms with E-state index in [1.807, 2.05) is 0 Å². The Labute approximate surface area is 211 Å². The van der Waals surface area contributed by atoms with Gasteiger partial charge in [0, 0.05) is 39.1 Å². The zero-order valence-corrected chi connectivity index (χ0v) is 21.0. The van der Waals surface area contributed by atoms with Gasteiger partial charge in [-0.25, -0.2) is 0 Å². The number of rotatable bonds is 3. The Balaban J connectivity index is 1.82. The third kappa shape index (κ3) is 7.41. The first-order valence-electron chi connectivity index (χ1n) is 12.6. The van der Waals surface area contributed by atoms with E-state index < -0.39 is 35.9 Å². The SMILES string of the molecule is CCN1CCN(C(=O)[C@@H]2CCC(=O)N[C@@H]([C@@H](C)O)C(=O)NCCCOc3ccccc3C(=O)N2)CC1. The first-order valence-corrected chi connectivity index (χ1v) is 12.6. The summed E-state index contributed by atoms with van der Waals surface area (Å²) in [5, 5.41) is 18.1. The van der Waals surface area contributed by atoms with Crippen LogP contribution in [0.15, 0.2) is 24.3 Å². The van der Waals surface area contributed by atoms with Gasteiger partial charge in [-0.3, -0.25) is 19.2 Å². The van der Waals surface area contributed by atoms with Crippen molar-refractivity contribution in [3.8, 4) is 5.75 Å². The molecule has 0 bridgehead atoms. The highest BCUT2D eigenvalue weighted by Crippen LogP contribution is 2.19. The molecule has 1 aromatic rings. The highest BCUT2D eigenvalue weighted by molar-refractivity contribution is 5.99. The van der Waals surface area contributed by atoms with E-state index in [4.69, 9.17) is 4.74 Å². The molecule has 3 atom stereocenters. The van der Waals surface area contributed by atoms with Crippen molar-refractivity contribution in [2.75, 3.05) is 45.9 Å². The lowest BCUT2D eigenvalue weighted by Gasteiger charge is -2.36. The van der Waals surface area contributed by atoms with Gasteiger partial charge < -0.3 is 35.6 Å². The minimum absolute atomic E-state index is 0.0432. The monoisotopic (exact) mass is 503 g/mol. The van der Waals surface area contributed by atoms with Crippen molar-refractivity contribution < 1.29 is 29.0 Å². The number of benzene rings is 1. The predicted octanol–water partition coefficient (Wildman–Crippen LogP) is -0.506. The van der Waals surface area contributed by atoms with Gasteiger partial charge in [-0.05, 0) is 38.4 Å². The highest BCUT2D eigenvalue weighted by atomic mass is 16.5. The number of nitrogens with zero attached hydrogens (tertiary/aromatic N) is 2. The van der Waals surface area contributed by atoms with Crippen molar-refractivity contribution in [3.63, 3.8) is 0 Å². The summed E-state index contributed by atoms with van der Waals surface area (Å²) in [5.74, 6) is -1.33. The number of nitrogens with one attached hydrogen (secondary N) is 3. The van der Waals surface area contributed by atoms with Gasteiger partial charge in [-0.15, -0.1) is 0 Å². The fourth-order valence-corrected chi connectivity index (χ4v) is 4.28. The number of fused-ring (bicyclic) bond motifs is 1. The Kier molecular flexibility index (Phi) is 10.1. The average molecular weight is 504 g/mol. The van der Waals surface area contributed by atoms with E-state index in [9.17, 15) is 24.3 Å². The Bertz CT molecular complexity index is 931. The highest BCUT2D eigenvalue weighted by Gasteiger charge is 2.31. The van der Waals surface area contributed by atoms with Crippen molar-refractivity contribution in [2.45, 2.75) is 51.3 Å². The average Bonchev–Trinajstić information content (AvgIpc) is 2.88. The van der Waals surface area contributed by atoms with Gasteiger partial charge >= 0.3 is 0 Å². The maximum Gasteiger partial charge on any atom is 0.255 e. The molecule has 0 saturated carbocycles. The van der Waals surface area contributed by atoms with Crippen LogP contribution in [-0.2, 0) is 14.4 Å². The summed E-state index contributed by atoms with van der Waals surface area (Å²) in [5.41, 5.74) is 0.292. The number of carbonyl (C=O) groups is 4. The largest absolute Gasteiger partial charge is 0.493 e. The minimum Gasteiger partial charge on any atom is -0.493 e. The number of piperazine rings is 1. The molecule has 0 unspecified atom stereocenters. The van der Waals surface area contributed by atoms with Crippen LogP contribution in [0.5, 0.6) is 5.75 Å². The Morgan fingerprint density at radius 2 is 1.86 bits per heavy atom. The zero-order valence-electron chi connectivity index (χ0n) is 21.0. The number of carbonyl (C=O) groups excluding carboxylic acids is 4. The number of hydrogen-bond acceptors (Lipinski definition) is 7. The van der Waals surface area contributed by atoms with Crippen molar-refractivity contribution in [2.24, 2.45) is 0 Å². The maximum atomic E-state index is 13.4. The molecule has 11 heteroatoms.